The zero-order valence-electron chi connectivity index (χ0n) is 14.4. The molecule has 0 aliphatic rings. The van der Waals surface area contributed by atoms with Gasteiger partial charge in [0.25, 0.3) is 5.91 Å². The minimum atomic E-state index is -0.327. The predicted molar refractivity (Wildman–Crippen MR) is 97.0 cm³/mol. The molecule has 3 aromatic rings. The topological polar surface area (TPSA) is 64.0 Å². The fraction of sp³-hybridized carbons (Fsp3) is 0.150. The molecule has 5 nitrogen and oxygen atoms in total. The highest BCUT2D eigenvalue weighted by atomic mass is 16.2. The summed E-state index contributed by atoms with van der Waals surface area (Å²) >= 11 is 0. The van der Waals surface area contributed by atoms with E-state index in [9.17, 15) is 9.59 Å². The van der Waals surface area contributed by atoms with Crippen LogP contribution in [0.3, 0.4) is 0 Å². The summed E-state index contributed by atoms with van der Waals surface area (Å²) in [6.07, 6.45) is 1.73. The van der Waals surface area contributed by atoms with Gasteiger partial charge in [-0.2, -0.15) is 5.10 Å². The van der Waals surface area contributed by atoms with Crippen molar-refractivity contribution in [3.63, 3.8) is 0 Å². The van der Waals surface area contributed by atoms with E-state index in [1.165, 1.54) is 0 Å². The highest BCUT2D eigenvalue weighted by Crippen LogP contribution is 2.18. The van der Waals surface area contributed by atoms with Gasteiger partial charge < -0.3 is 5.32 Å². The first-order valence-electron chi connectivity index (χ1n) is 7.97. The third-order valence-electron chi connectivity index (χ3n) is 3.99. The van der Waals surface area contributed by atoms with Crippen LogP contribution in [-0.4, -0.2) is 21.5 Å². The number of amides is 1. The molecule has 0 unspecified atom stereocenters. The molecule has 1 amide bonds. The SMILES string of the molecule is Cc1ccc(C(=O)c2ccccc2C(=O)Nc2cn(C)nc2C)cc1. The number of hydrogen-bond acceptors (Lipinski definition) is 3. The molecule has 0 fully saturated rings. The maximum atomic E-state index is 12.8. The lowest BCUT2D eigenvalue weighted by atomic mass is 9.97. The van der Waals surface area contributed by atoms with Crippen molar-refractivity contribution in [1.82, 2.24) is 9.78 Å². The predicted octanol–water partition coefficient (Wildman–Crippen LogP) is 3.52. The number of anilines is 1. The van der Waals surface area contributed by atoms with Crippen molar-refractivity contribution in [3.8, 4) is 0 Å². The Bertz CT molecular complexity index is 940. The van der Waals surface area contributed by atoms with Gasteiger partial charge in [-0.25, -0.2) is 0 Å². The number of aryl methyl sites for hydroxylation is 3. The molecule has 0 saturated carbocycles. The fourth-order valence-electron chi connectivity index (χ4n) is 2.65. The van der Waals surface area contributed by atoms with Gasteiger partial charge in [0.15, 0.2) is 5.78 Å². The molecule has 1 aromatic heterocycles. The molecule has 0 radical (unpaired) electrons. The molecule has 3 rings (SSSR count). The fourth-order valence-corrected chi connectivity index (χ4v) is 2.65. The number of nitrogens with zero attached hydrogens (tertiary/aromatic N) is 2. The summed E-state index contributed by atoms with van der Waals surface area (Å²) in [5.41, 5.74) is 3.71. The number of carbonyl (C=O) groups excluding carboxylic acids is 2. The molecule has 0 bridgehead atoms. The Kier molecular flexibility index (Phi) is 4.48. The number of nitrogens with one attached hydrogen (secondary N) is 1. The Hall–Kier alpha value is -3.21. The maximum absolute atomic E-state index is 12.8. The van der Waals surface area contributed by atoms with Gasteiger partial charge in [-0.1, -0.05) is 48.0 Å². The van der Waals surface area contributed by atoms with Gasteiger partial charge in [0, 0.05) is 24.4 Å². The smallest absolute Gasteiger partial charge is 0.256 e. The molecule has 25 heavy (non-hydrogen) atoms. The molecule has 5 heteroatoms. The Labute approximate surface area is 146 Å². The van der Waals surface area contributed by atoms with E-state index in [1.807, 2.05) is 26.0 Å². The van der Waals surface area contributed by atoms with E-state index in [0.717, 1.165) is 11.3 Å². The number of carbonyl (C=O) groups is 2. The number of ketones is 1. The third-order valence-corrected chi connectivity index (χ3v) is 3.99. The van der Waals surface area contributed by atoms with Crippen LogP contribution in [0.5, 0.6) is 0 Å². The summed E-state index contributed by atoms with van der Waals surface area (Å²) in [5, 5.41) is 7.03. The second-order valence-corrected chi connectivity index (χ2v) is 6.00. The minimum Gasteiger partial charge on any atom is -0.319 e. The summed E-state index contributed by atoms with van der Waals surface area (Å²) < 4.78 is 1.63. The van der Waals surface area contributed by atoms with Crippen molar-refractivity contribution in [2.45, 2.75) is 13.8 Å². The van der Waals surface area contributed by atoms with Gasteiger partial charge in [-0.3, -0.25) is 14.3 Å². The molecular weight excluding hydrogens is 314 g/mol. The van der Waals surface area contributed by atoms with Gasteiger partial charge in [-0.15, -0.1) is 0 Å². The first kappa shape index (κ1) is 16.6. The Morgan fingerprint density at radius 2 is 1.60 bits per heavy atom. The van der Waals surface area contributed by atoms with Crippen molar-refractivity contribution >= 4 is 17.4 Å². The Balaban J connectivity index is 1.92. The lowest BCUT2D eigenvalue weighted by Crippen LogP contribution is -2.17. The van der Waals surface area contributed by atoms with Crippen LogP contribution in [0.2, 0.25) is 0 Å². The van der Waals surface area contributed by atoms with Crippen LogP contribution in [0.4, 0.5) is 5.69 Å². The van der Waals surface area contributed by atoms with Crippen molar-refractivity contribution in [3.05, 3.63) is 82.7 Å². The molecule has 0 aliphatic carbocycles. The van der Waals surface area contributed by atoms with E-state index in [2.05, 4.69) is 10.4 Å². The quantitative estimate of drug-likeness (QED) is 0.743. The van der Waals surface area contributed by atoms with Crippen LogP contribution in [0.1, 0.15) is 37.5 Å². The third kappa shape index (κ3) is 3.50. The van der Waals surface area contributed by atoms with E-state index < -0.39 is 0 Å². The van der Waals surface area contributed by atoms with Gasteiger partial charge in [-0.05, 0) is 19.9 Å². The minimum absolute atomic E-state index is 0.173. The average molecular weight is 333 g/mol. The van der Waals surface area contributed by atoms with Gasteiger partial charge >= 0.3 is 0 Å². The van der Waals surface area contributed by atoms with Crippen LogP contribution in [0, 0.1) is 13.8 Å². The second-order valence-electron chi connectivity index (χ2n) is 6.00. The first-order valence-corrected chi connectivity index (χ1v) is 7.97. The molecule has 0 spiro atoms. The van der Waals surface area contributed by atoms with Crippen molar-refractivity contribution < 1.29 is 9.59 Å². The standard InChI is InChI=1S/C20H19N3O2/c1-13-8-10-15(11-9-13)19(24)16-6-4-5-7-17(16)20(25)21-18-12-23(3)22-14(18)2/h4-12H,1-3H3,(H,21,25). The van der Waals surface area contributed by atoms with Gasteiger partial charge in [0.1, 0.15) is 0 Å². The zero-order chi connectivity index (χ0) is 18.0. The van der Waals surface area contributed by atoms with Crippen LogP contribution >= 0.6 is 0 Å². The molecule has 1 heterocycles. The van der Waals surface area contributed by atoms with E-state index in [4.69, 9.17) is 0 Å². The summed E-state index contributed by atoms with van der Waals surface area (Å²) in [7, 11) is 1.79. The lowest BCUT2D eigenvalue weighted by Gasteiger charge is -2.09. The molecule has 2 aromatic carbocycles. The van der Waals surface area contributed by atoms with Crippen molar-refractivity contribution in [2.75, 3.05) is 5.32 Å². The molecule has 1 N–H and O–H groups in total. The van der Waals surface area contributed by atoms with E-state index >= 15 is 0 Å². The summed E-state index contributed by atoms with van der Waals surface area (Å²) in [6.45, 7) is 3.78. The summed E-state index contributed by atoms with van der Waals surface area (Å²) in [6, 6.07) is 14.2. The highest BCUT2D eigenvalue weighted by Gasteiger charge is 2.19. The van der Waals surface area contributed by atoms with Gasteiger partial charge in [0.05, 0.1) is 16.9 Å². The van der Waals surface area contributed by atoms with Crippen LogP contribution in [0.25, 0.3) is 0 Å². The maximum Gasteiger partial charge on any atom is 0.256 e. The Morgan fingerprint density at radius 3 is 2.20 bits per heavy atom. The zero-order valence-corrected chi connectivity index (χ0v) is 14.4. The van der Waals surface area contributed by atoms with E-state index in [0.29, 0.717) is 22.4 Å². The molecule has 0 atom stereocenters. The van der Waals surface area contributed by atoms with Crippen LogP contribution < -0.4 is 5.32 Å². The summed E-state index contributed by atoms with van der Waals surface area (Å²) in [4.78, 5) is 25.5. The largest absolute Gasteiger partial charge is 0.319 e. The van der Waals surface area contributed by atoms with Gasteiger partial charge in [0.2, 0.25) is 0 Å². The number of benzene rings is 2. The second kappa shape index (κ2) is 6.73. The van der Waals surface area contributed by atoms with Crippen molar-refractivity contribution in [2.24, 2.45) is 7.05 Å². The average Bonchev–Trinajstić information content (AvgIpc) is 2.92. The van der Waals surface area contributed by atoms with Crippen molar-refractivity contribution in [1.29, 1.82) is 0 Å². The number of rotatable bonds is 4. The lowest BCUT2D eigenvalue weighted by molar-refractivity contribution is 0.0996. The summed E-state index contributed by atoms with van der Waals surface area (Å²) in [5.74, 6) is -0.499. The first-order chi connectivity index (χ1) is 12.0. The van der Waals surface area contributed by atoms with E-state index in [1.54, 1.807) is 54.3 Å². The number of hydrogen-bond donors (Lipinski definition) is 1. The van der Waals surface area contributed by atoms with Crippen LogP contribution in [0.15, 0.2) is 54.7 Å². The monoisotopic (exact) mass is 333 g/mol. The van der Waals surface area contributed by atoms with Crippen LogP contribution in [-0.2, 0) is 7.05 Å². The molecule has 0 saturated heterocycles. The number of aromatic nitrogens is 2. The Morgan fingerprint density at radius 1 is 0.960 bits per heavy atom. The normalized spacial score (nSPS) is 10.5. The molecule has 126 valence electrons. The van der Waals surface area contributed by atoms with E-state index in [-0.39, 0.29) is 11.7 Å². The highest BCUT2D eigenvalue weighted by molar-refractivity contribution is 6.17. The molecule has 0 aliphatic heterocycles. The molecular formula is C20H19N3O2.